The highest BCUT2D eigenvalue weighted by Gasteiger charge is 2.14. The van der Waals surface area contributed by atoms with Crippen molar-refractivity contribution < 1.29 is 4.79 Å². The van der Waals surface area contributed by atoms with Gasteiger partial charge in [-0.25, -0.2) is 0 Å². The second-order valence-electron chi connectivity index (χ2n) is 4.96. The Kier molecular flexibility index (Phi) is 3.99. The van der Waals surface area contributed by atoms with Gasteiger partial charge < -0.3 is 11.1 Å². The van der Waals surface area contributed by atoms with Gasteiger partial charge in [0.25, 0.3) is 0 Å². The van der Waals surface area contributed by atoms with Gasteiger partial charge in [0.05, 0.1) is 6.04 Å². The van der Waals surface area contributed by atoms with Gasteiger partial charge in [-0.2, -0.15) is 0 Å². The smallest absolute Gasteiger partial charge is 0.241 e. The zero-order valence-electron chi connectivity index (χ0n) is 11.5. The number of benzene rings is 2. The fourth-order valence-electron chi connectivity index (χ4n) is 2.24. The van der Waals surface area contributed by atoms with Crippen LogP contribution in [0.5, 0.6) is 0 Å². The van der Waals surface area contributed by atoms with Crippen LogP contribution in [-0.2, 0) is 11.2 Å². The molecule has 3 aromatic rings. The summed E-state index contributed by atoms with van der Waals surface area (Å²) in [5, 5.41) is 6.06. The molecule has 0 saturated heterocycles. The Hall–Kier alpha value is -2.17. The lowest BCUT2D eigenvalue weighted by Crippen LogP contribution is -2.37. The van der Waals surface area contributed by atoms with Gasteiger partial charge in [-0.15, -0.1) is 11.3 Å². The Morgan fingerprint density at radius 1 is 1.14 bits per heavy atom. The number of rotatable bonds is 4. The molecule has 1 atom stereocenters. The fourth-order valence-corrected chi connectivity index (χ4v) is 3.01. The molecule has 3 N–H and O–H groups in total. The van der Waals surface area contributed by atoms with Crippen LogP contribution in [0.3, 0.4) is 0 Å². The number of carbonyl (C=O) groups is 1. The van der Waals surface area contributed by atoms with E-state index < -0.39 is 6.04 Å². The van der Waals surface area contributed by atoms with Gasteiger partial charge in [-0.1, -0.05) is 30.3 Å². The van der Waals surface area contributed by atoms with Crippen LogP contribution in [0.2, 0.25) is 0 Å². The maximum atomic E-state index is 12.2. The van der Waals surface area contributed by atoms with E-state index in [4.69, 9.17) is 5.73 Å². The lowest BCUT2D eigenvalue weighted by Gasteiger charge is -2.12. The Labute approximate surface area is 127 Å². The van der Waals surface area contributed by atoms with Gasteiger partial charge in [-0.05, 0) is 47.0 Å². The summed E-state index contributed by atoms with van der Waals surface area (Å²) in [5.41, 5.74) is 7.83. The summed E-state index contributed by atoms with van der Waals surface area (Å²) in [6.07, 6.45) is 0.535. The lowest BCUT2D eigenvalue weighted by molar-refractivity contribution is -0.117. The molecule has 0 aliphatic rings. The molecule has 3 rings (SSSR count). The highest BCUT2D eigenvalue weighted by molar-refractivity contribution is 7.17. The summed E-state index contributed by atoms with van der Waals surface area (Å²) in [6, 6.07) is 17.2. The van der Waals surface area contributed by atoms with E-state index in [1.54, 1.807) is 11.3 Å². The molecule has 0 radical (unpaired) electrons. The largest absolute Gasteiger partial charge is 0.325 e. The topological polar surface area (TPSA) is 55.1 Å². The second kappa shape index (κ2) is 6.08. The number of nitrogens with one attached hydrogen (secondary N) is 1. The van der Waals surface area contributed by atoms with Gasteiger partial charge in [0.1, 0.15) is 0 Å². The van der Waals surface area contributed by atoms with Crippen LogP contribution in [0, 0.1) is 0 Å². The fraction of sp³-hybridized carbons (Fsp3) is 0.118. The number of thiophene rings is 1. The quantitative estimate of drug-likeness (QED) is 0.775. The molecule has 21 heavy (non-hydrogen) atoms. The SMILES string of the molecule is NC(Cc1ccccc1)C(=O)Nc1ccc2sccc2c1. The van der Waals surface area contributed by atoms with E-state index in [0.29, 0.717) is 6.42 Å². The lowest BCUT2D eigenvalue weighted by atomic mass is 10.1. The Morgan fingerprint density at radius 2 is 1.95 bits per heavy atom. The van der Waals surface area contributed by atoms with E-state index >= 15 is 0 Å². The van der Waals surface area contributed by atoms with Crippen molar-refractivity contribution in [2.75, 3.05) is 5.32 Å². The Balaban J connectivity index is 1.67. The minimum Gasteiger partial charge on any atom is -0.325 e. The van der Waals surface area contributed by atoms with Crippen molar-refractivity contribution in [1.29, 1.82) is 0 Å². The number of hydrogen-bond acceptors (Lipinski definition) is 3. The van der Waals surface area contributed by atoms with Crippen molar-refractivity contribution in [2.45, 2.75) is 12.5 Å². The molecule has 1 unspecified atom stereocenters. The summed E-state index contributed by atoms with van der Waals surface area (Å²) in [5.74, 6) is -0.159. The van der Waals surface area contributed by atoms with Crippen LogP contribution in [-0.4, -0.2) is 11.9 Å². The van der Waals surface area contributed by atoms with E-state index in [2.05, 4.69) is 5.32 Å². The molecule has 0 aliphatic heterocycles. The van der Waals surface area contributed by atoms with Crippen LogP contribution >= 0.6 is 11.3 Å². The first-order chi connectivity index (χ1) is 10.2. The minimum absolute atomic E-state index is 0.159. The van der Waals surface area contributed by atoms with Gasteiger partial charge in [-0.3, -0.25) is 4.79 Å². The number of nitrogens with two attached hydrogens (primary N) is 1. The van der Waals surface area contributed by atoms with Crippen LogP contribution in [0.15, 0.2) is 60.0 Å². The van der Waals surface area contributed by atoms with Crippen LogP contribution in [0.4, 0.5) is 5.69 Å². The predicted molar refractivity (Wildman–Crippen MR) is 88.6 cm³/mol. The molecule has 0 spiro atoms. The third kappa shape index (κ3) is 3.29. The van der Waals surface area contributed by atoms with Crippen LogP contribution in [0.1, 0.15) is 5.56 Å². The van der Waals surface area contributed by atoms with Crippen molar-refractivity contribution in [3.05, 3.63) is 65.5 Å². The van der Waals surface area contributed by atoms with E-state index in [1.807, 2.05) is 60.0 Å². The molecule has 3 nitrogen and oxygen atoms in total. The molecule has 0 aliphatic carbocycles. The molecule has 2 aromatic carbocycles. The zero-order chi connectivity index (χ0) is 14.7. The maximum absolute atomic E-state index is 12.2. The highest BCUT2D eigenvalue weighted by Crippen LogP contribution is 2.24. The van der Waals surface area contributed by atoms with Crippen molar-refractivity contribution in [2.24, 2.45) is 5.73 Å². The molecule has 1 aromatic heterocycles. The van der Waals surface area contributed by atoms with E-state index in [-0.39, 0.29) is 5.91 Å². The van der Waals surface area contributed by atoms with Crippen molar-refractivity contribution in [3.8, 4) is 0 Å². The third-order valence-corrected chi connectivity index (χ3v) is 4.25. The molecular formula is C17H16N2OS. The summed E-state index contributed by atoms with van der Waals surface area (Å²) in [7, 11) is 0. The highest BCUT2D eigenvalue weighted by atomic mass is 32.1. The first kappa shape index (κ1) is 13.8. The zero-order valence-corrected chi connectivity index (χ0v) is 12.3. The number of fused-ring (bicyclic) bond motifs is 1. The monoisotopic (exact) mass is 296 g/mol. The third-order valence-electron chi connectivity index (χ3n) is 3.36. The first-order valence-electron chi connectivity index (χ1n) is 6.80. The van der Waals surface area contributed by atoms with Gasteiger partial charge >= 0.3 is 0 Å². The number of hydrogen-bond donors (Lipinski definition) is 2. The van der Waals surface area contributed by atoms with E-state index in [0.717, 1.165) is 16.6 Å². The molecule has 0 fully saturated rings. The number of carbonyl (C=O) groups excluding carboxylic acids is 1. The predicted octanol–water partition coefficient (Wildman–Crippen LogP) is 3.41. The van der Waals surface area contributed by atoms with Gasteiger partial charge in [0, 0.05) is 10.4 Å². The van der Waals surface area contributed by atoms with Crippen molar-refractivity contribution in [1.82, 2.24) is 0 Å². The van der Waals surface area contributed by atoms with Crippen molar-refractivity contribution >= 4 is 33.0 Å². The summed E-state index contributed by atoms with van der Waals surface area (Å²) in [4.78, 5) is 12.2. The minimum atomic E-state index is -0.550. The van der Waals surface area contributed by atoms with Gasteiger partial charge in [0.15, 0.2) is 0 Å². The summed E-state index contributed by atoms with van der Waals surface area (Å²) >= 11 is 1.69. The molecule has 106 valence electrons. The summed E-state index contributed by atoms with van der Waals surface area (Å²) in [6.45, 7) is 0. The second-order valence-corrected chi connectivity index (χ2v) is 5.91. The first-order valence-corrected chi connectivity index (χ1v) is 7.68. The number of anilines is 1. The molecule has 4 heteroatoms. The van der Waals surface area contributed by atoms with E-state index in [9.17, 15) is 4.79 Å². The average molecular weight is 296 g/mol. The molecule has 1 amide bonds. The molecule has 0 bridgehead atoms. The normalized spacial score (nSPS) is 12.2. The number of amides is 1. The van der Waals surface area contributed by atoms with E-state index in [1.165, 1.54) is 4.70 Å². The standard InChI is InChI=1S/C17H16N2OS/c18-15(10-12-4-2-1-3-5-12)17(20)19-14-6-7-16-13(11-14)8-9-21-16/h1-9,11,15H,10,18H2,(H,19,20). The average Bonchev–Trinajstić information content (AvgIpc) is 2.95. The Morgan fingerprint density at radius 3 is 2.76 bits per heavy atom. The summed E-state index contributed by atoms with van der Waals surface area (Å²) < 4.78 is 1.21. The maximum Gasteiger partial charge on any atom is 0.241 e. The van der Waals surface area contributed by atoms with Crippen LogP contribution in [0.25, 0.3) is 10.1 Å². The molecule has 0 saturated carbocycles. The molecular weight excluding hydrogens is 280 g/mol. The molecule has 1 heterocycles. The Bertz CT molecular complexity index is 752. The van der Waals surface area contributed by atoms with Crippen molar-refractivity contribution in [3.63, 3.8) is 0 Å². The van der Waals surface area contributed by atoms with Crippen LogP contribution < -0.4 is 11.1 Å². The van der Waals surface area contributed by atoms with Gasteiger partial charge in [0.2, 0.25) is 5.91 Å².